The maximum atomic E-state index is 9.99. The summed E-state index contributed by atoms with van der Waals surface area (Å²) in [4.78, 5) is 0. The Bertz CT molecular complexity index is 77.3. The average Bonchev–Trinajstić information content (AvgIpc) is 2.17. The third-order valence-electron chi connectivity index (χ3n) is 1.43. The molecule has 0 saturated heterocycles. The molecule has 2 N–H and O–H groups in total. The van der Waals surface area contributed by atoms with Crippen LogP contribution in [0.5, 0.6) is 0 Å². The second kappa shape index (κ2) is 1.73. The predicted octanol–water partition coefficient (Wildman–Crippen LogP) is -2.05. The van der Waals surface area contributed by atoms with E-state index in [1.165, 1.54) is 0 Å². The van der Waals surface area contributed by atoms with Gasteiger partial charge in [0.05, 0.1) is 0 Å². The van der Waals surface area contributed by atoms with Crippen LogP contribution in [0.2, 0.25) is 4.78 Å². The Kier molecular flexibility index (Phi) is 1.37. The molecular weight excluding hydrogens is 109 g/mol. The van der Waals surface area contributed by atoms with E-state index >= 15 is 0 Å². The van der Waals surface area contributed by atoms with Crippen LogP contribution in [0.25, 0.3) is 0 Å². The minimum Gasteiger partial charge on any atom is -0.600 e. The van der Waals surface area contributed by atoms with Crippen LogP contribution in [0.15, 0.2) is 0 Å². The van der Waals surface area contributed by atoms with Crippen LogP contribution in [-0.4, -0.2) is 27.5 Å². The average molecular weight is 117 g/mol. The van der Waals surface area contributed by atoms with E-state index in [2.05, 4.69) is 0 Å². The molecule has 7 heavy (non-hydrogen) atoms. The fourth-order valence-corrected chi connectivity index (χ4v) is 1.46. The molecule has 1 rings (SSSR count). The van der Waals surface area contributed by atoms with Gasteiger partial charge in [-0.05, 0) is 11.2 Å². The summed E-state index contributed by atoms with van der Waals surface area (Å²) in [5, 5.41) is 17.6. The van der Waals surface area contributed by atoms with Gasteiger partial charge in [-0.15, -0.1) is 0 Å². The molecule has 1 aliphatic carbocycles. The third kappa shape index (κ3) is 1.15. The SMILES string of the molecule is [O-][NH+](O)C1C[CH]1[AlH2]. The maximum absolute atomic E-state index is 9.99. The van der Waals surface area contributed by atoms with Crippen LogP contribution in [0.3, 0.4) is 0 Å². The lowest BCUT2D eigenvalue weighted by Gasteiger charge is -2.10. The zero-order chi connectivity index (χ0) is 5.44. The summed E-state index contributed by atoms with van der Waals surface area (Å²) in [6.07, 6.45) is 0.946. The first-order chi connectivity index (χ1) is 3.22. The second-order valence-electron chi connectivity index (χ2n) is 2.16. The molecule has 1 fully saturated rings. The normalized spacial score (nSPS) is 43.1. The summed E-state index contributed by atoms with van der Waals surface area (Å²) in [5.74, 6) is 0. The molecule has 3 nitrogen and oxygen atoms in total. The van der Waals surface area contributed by atoms with Gasteiger partial charge in [0, 0.05) is 0 Å². The van der Waals surface area contributed by atoms with E-state index in [0.717, 1.165) is 22.7 Å². The van der Waals surface area contributed by atoms with Crippen molar-refractivity contribution in [3.63, 3.8) is 0 Å². The minimum absolute atomic E-state index is 0.0478. The van der Waals surface area contributed by atoms with Crippen LogP contribution < -0.4 is 5.23 Å². The quantitative estimate of drug-likeness (QED) is 0.307. The van der Waals surface area contributed by atoms with E-state index in [1.54, 1.807) is 0 Å². The van der Waals surface area contributed by atoms with Crippen molar-refractivity contribution in [1.82, 2.24) is 0 Å². The Morgan fingerprint density at radius 1 is 1.86 bits per heavy atom. The van der Waals surface area contributed by atoms with Crippen LogP contribution in [0.1, 0.15) is 6.42 Å². The van der Waals surface area contributed by atoms with E-state index in [-0.39, 0.29) is 6.04 Å². The van der Waals surface area contributed by atoms with Gasteiger partial charge in [0.1, 0.15) is 6.04 Å². The summed E-state index contributed by atoms with van der Waals surface area (Å²) in [6, 6.07) is 0.0478. The molecule has 0 spiro atoms. The summed E-state index contributed by atoms with van der Waals surface area (Å²) < 4.78 is 0.581. The molecule has 0 bridgehead atoms. The molecule has 0 aromatic carbocycles. The Balaban J connectivity index is 2.20. The molecular formula is C3H8AlNO2. The number of hydrogen-bond acceptors (Lipinski definition) is 2. The van der Waals surface area contributed by atoms with Crippen molar-refractivity contribution in [2.24, 2.45) is 0 Å². The highest BCUT2D eigenvalue weighted by Crippen LogP contribution is 2.29. The molecule has 1 saturated carbocycles. The number of nitrogens with one attached hydrogen (secondary N) is 1. The number of hydrogen-bond donors (Lipinski definition) is 2. The fourth-order valence-electron chi connectivity index (χ4n) is 0.666. The van der Waals surface area contributed by atoms with Crippen molar-refractivity contribution in [2.75, 3.05) is 0 Å². The highest BCUT2D eigenvalue weighted by atomic mass is 27.0. The van der Waals surface area contributed by atoms with Gasteiger partial charge < -0.3 is 5.21 Å². The molecule has 40 valence electrons. The highest BCUT2D eigenvalue weighted by molar-refractivity contribution is 6.14. The molecule has 0 heterocycles. The van der Waals surface area contributed by atoms with Gasteiger partial charge in [-0.25, -0.2) is 10.4 Å². The molecule has 0 aromatic heterocycles. The van der Waals surface area contributed by atoms with Gasteiger partial charge in [0.15, 0.2) is 0 Å². The Labute approximate surface area is 49.9 Å². The summed E-state index contributed by atoms with van der Waals surface area (Å²) in [7, 11) is 0. The van der Waals surface area contributed by atoms with Gasteiger partial charge in [-0.1, -0.05) is 0 Å². The lowest BCUT2D eigenvalue weighted by molar-refractivity contribution is -1.06. The molecule has 0 amide bonds. The van der Waals surface area contributed by atoms with Crippen molar-refractivity contribution >= 4 is 16.3 Å². The van der Waals surface area contributed by atoms with E-state index in [4.69, 9.17) is 5.21 Å². The molecule has 0 aliphatic heterocycles. The molecule has 3 unspecified atom stereocenters. The van der Waals surface area contributed by atoms with E-state index in [1.807, 2.05) is 0 Å². The van der Waals surface area contributed by atoms with Crippen LogP contribution in [-0.2, 0) is 0 Å². The Hall–Kier alpha value is 0.412. The van der Waals surface area contributed by atoms with Crippen molar-refractivity contribution < 1.29 is 10.4 Å². The molecule has 1 aliphatic rings. The van der Waals surface area contributed by atoms with Gasteiger partial charge in [0.25, 0.3) is 0 Å². The standard InChI is InChI=1S/C3H6NO2.Al.2H/c5-4(6)3-1-2-3;;;/h1,3-5H,2H2;;;. The van der Waals surface area contributed by atoms with Crippen LogP contribution >= 0.6 is 0 Å². The lowest BCUT2D eigenvalue weighted by Crippen LogP contribution is -3.06. The van der Waals surface area contributed by atoms with Gasteiger partial charge in [-0.2, -0.15) is 0 Å². The van der Waals surface area contributed by atoms with Crippen molar-refractivity contribution in [3.8, 4) is 0 Å². The van der Waals surface area contributed by atoms with Crippen molar-refractivity contribution in [2.45, 2.75) is 17.2 Å². The summed E-state index contributed by atoms with van der Waals surface area (Å²) in [5.41, 5.74) is 0. The number of rotatable bonds is 1. The smallest absolute Gasteiger partial charge is 0.226 e. The molecule has 0 radical (unpaired) electrons. The highest BCUT2D eigenvalue weighted by Gasteiger charge is 2.38. The van der Waals surface area contributed by atoms with Crippen molar-refractivity contribution in [1.29, 1.82) is 0 Å². The van der Waals surface area contributed by atoms with E-state index < -0.39 is 5.23 Å². The zero-order valence-electron chi connectivity index (χ0n) is 4.22. The third-order valence-corrected chi connectivity index (χ3v) is 2.70. The maximum Gasteiger partial charge on any atom is 0.226 e. The second-order valence-corrected chi connectivity index (χ2v) is 3.64. The first kappa shape index (κ1) is 5.55. The summed E-state index contributed by atoms with van der Waals surface area (Å²) >= 11 is 1.06. The van der Waals surface area contributed by atoms with Crippen LogP contribution in [0, 0.1) is 5.21 Å². The van der Waals surface area contributed by atoms with Gasteiger partial charge in [-0.3, -0.25) is 0 Å². The topological polar surface area (TPSA) is 47.7 Å². The van der Waals surface area contributed by atoms with Gasteiger partial charge in [0.2, 0.25) is 16.3 Å². The van der Waals surface area contributed by atoms with E-state index in [9.17, 15) is 5.21 Å². The number of hydroxylamine groups is 2. The first-order valence-electron chi connectivity index (χ1n) is 2.44. The Morgan fingerprint density at radius 2 is 2.29 bits per heavy atom. The predicted molar refractivity (Wildman–Crippen MR) is 26.8 cm³/mol. The minimum atomic E-state index is -0.597. The lowest BCUT2D eigenvalue weighted by atomic mass is 10.8. The fraction of sp³-hybridized carbons (Fsp3) is 1.00. The van der Waals surface area contributed by atoms with E-state index in [0.29, 0.717) is 4.78 Å². The monoisotopic (exact) mass is 117 g/mol. The molecule has 0 aromatic rings. The Morgan fingerprint density at radius 3 is 2.29 bits per heavy atom. The molecule has 4 heteroatoms. The first-order valence-corrected chi connectivity index (χ1v) is 3.60. The zero-order valence-corrected chi connectivity index (χ0v) is 6.22. The van der Waals surface area contributed by atoms with Gasteiger partial charge >= 0.3 is 0 Å². The molecule has 3 atom stereocenters. The van der Waals surface area contributed by atoms with Crippen LogP contribution in [0.4, 0.5) is 0 Å². The largest absolute Gasteiger partial charge is 0.600 e. The van der Waals surface area contributed by atoms with Crippen molar-refractivity contribution in [3.05, 3.63) is 5.21 Å². The number of quaternary nitrogens is 1. The summed E-state index contributed by atoms with van der Waals surface area (Å²) in [6.45, 7) is 0.